The minimum atomic E-state index is -0.626. The Labute approximate surface area is 97.1 Å². The average Bonchev–Trinajstić information content (AvgIpc) is 2.29. The van der Waals surface area contributed by atoms with Crippen LogP contribution < -0.4 is 0 Å². The van der Waals surface area contributed by atoms with Crippen molar-refractivity contribution in [1.29, 1.82) is 0 Å². The fraction of sp³-hybridized carbons (Fsp3) is 0.667. The summed E-state index contributed by atoms with van der Waals surface area (Å²) in [7, 11) is 1.54. The quantitative estimate of drug-likeness (QED) is 0.681. The first-order valence-electron chi connectivity index (χ1n) is 5.53. The highest BCUT2D eigenvalue weighted by Gasteiger charge is 2.35. The summed E-state index contributed by atoms with van der Waals surface area (Å²) in [5.74, 6) is 0. The molecule has 16 heavy (non-hydrogen) atoms. The second-order valence-electron chi connectivity index (χ2n) is 3.85. The van der Waals surface area contributed by atoms with Crippen LogP contribution in [-0.4, -0.2) is 55.2 Å². The number of hydrogen-bond acceptors (Lipinski definition) is 4. The van der Waals surface area contributed by atoms with Gasteiger partial charge in [-0.3, -0.25) is 4.90 Å². The molecular weight excluding hydrogens is 206 g/mol. The second-order valence-corrected chi connectivity index (χ2v) is 3.85. The van der Waals surface area contributed by atoms with E-state index < -0.39 is 12.4 Å². The van der Waals surface area contributed by atoms with Gasteiger partial charge in [0.2, 0.25) is 0 Å². The van der Waals surface area contributed by atoms with Crippen molar-refractivity contribution in [2.45, 2.75) is 24.9 Å². The number of nitrogens with zero attached hydrogens (tertiary/aromatic N) is 1. The van der Waals surface area contributed by atoms with E-state index in [2.05, 4.69) is 18.1 Å². The molecule has 1 aliphatic rings. The number of aliphatic hydroxyl groups is 1. The molecule has 0 spiro atoms. The molecule has 1 heterocycles. The molecule has 4 nitrogen and oxygen atoms in total. The molecule has 1 rings (SSSR count). The summed E-state index contributed by atoms with van der Waals surface area (Å²) < 4.78 is 10.4. The van der Waals surface area contributed by atoms with Crippen molar-refractivity contribution in [2.75, 3.05) is 26.8 Å². The van der Waals surface area contributed by atoms with Crippen LogP contribution in [0.1, 0.15) is 6.42 Å². The SMILES string of the molecule is C=CCN(CC=C)[C@@H]1CCO[C@H](OC)[C@H]1O. The molecule has 0 saturated carbocycles. The van der Waals surface area contributed by atoms with Crippen LogP contribution in [-0.2, 0) is 9.47 Å². The fourth-order valence-electron chi connectivity index (χ4n) is 2.04. The second kappa shape index (κ2) is 6.81. The van der Waals surface area contributed by atoms with Crippen molar-refractivity contribution >= 4 is 0 Å². The van der Waals surface area contributed by atoms with Crippen LogP contribution in [0.25, 0.3) is 0 Å². The minimum Gasteiger partial charge on any atom is -0.386 e. The molecule has 0 aliphatic carbocycles. The van der Waals surface area contributed by atoms with E-state index in [4.69, 9.17) is 9.47 Å². The summed E-state index contributed by atoms with van der Waals surface area (Å²) in [4.78, 5) is 2.12. The Kier molecular flexibility index (Phi) is 5.69. The predicted octanol–water partition coefficient (Wildman–Crippen LogP) is 0.783. The molecule has 0 amide bonds. The van der Waals surface area contributed by atoms with Crippen molar-refractivity contribution in [1.82, 2.24) is 4.90 Å². The third-order valence-corrected chi connectivity index (χ3v) is 2.80. The van der Waals surface area contributed by atoms with E-state index >= 15 is 0 Å². The zero-order valence-electron chi connectivity index (χ0n) is 9.84. The van der Waals surface area contributed by atoms with Crippen LogP contribution in [0.4, 0.5) is 0 Å². The molecule has 1 saturated heterocycles. The Morgan fingerprint density at radius 1 is 1.44 bits per heavy atom. The van der Waals surface area contributed by atoms with Crippen molar-refractivity contribution in [3.63, 3.8) is 0 Å². The Bertz CT molecular complexity index is 222. The summed E-state index contributed by atoms with van der Waals surface area (Å²) >= 11 is 0. The third-order valence-electron chi connectivity index (χ3n) is 2.80. The van der Waals surface area contributed by atoms with E-state index in [-0.39, 0.29) is 6.04 Å². The van der Waals surface area contributed by atoms with Crippen LogP contribution in [0.15, 0.2) is 25.3 Å². The van der Waals surface area contributed by atoms with Crippen molar-refractivity contribution in [2.24, 2.45) is 0 Å². The number of hydrogen-bond donors (Lipinski definition) is 1. The zero-order chi connectivity index (χ0) is 12.0. The van der Waals surface area contributed by atoms with Gasteiger partial charge in [0.1, 0.15) is 6.10 Å². The largest absolute Gasteiger partial charge is 0.386 e. The lowest BCUT2D eigenvalue weighted by molar-refractivity contribution is -0.221. The highest BCUT2D eigenvalue weighted by molar-refractivity contribution is 4.90. The van der Waals surface area contributed by atoms with Gasteiger partial charge in [0.15, 0.2) is 6.29 Å². The maximum Gasteiger partial charge on any atom is 0.184 e. The number of rotatable bonds is 6. The smallest absolute Gasteiger partial charge is 0.184 e. The van der Waals surface area contributed by atoms with E-state index in [1.54, 1.807) is 7.11 Å². The zero-order valence-corrected chi connectivity index (χ0v) is 9.84. The van der Waals surface area contributed by atoms with Crippen molar-refractivity contribution in [3.05, 3.63) is 25.3 Å². The lowest BCUT2D eigenvalue weighted by Gasteiger charge is -2.39. The van der Waals surface area contributed by atoms with Crippen LogP contribution in [0.5, 0.6) is 0 Å². The monoisotopic (exact) mass is 227 g/mol. The van der Waals surface area contributed by atoms with Gasteiger partial charge in [-0.2, -0.15) is 0 Å². The summed E-state index contributed by atoms with van der Waals surface area (Å²) in [6.45, 7) is 9.50. The van der Waals surface area contributed by atoms with E-state index in [9.17, 15) is 5.11 Å². The maximum absolute atomic E-state index is 10.1. The van der Waals surface area contributed by atoms with Crippen LogP contribution >= 0.6 is 0 Å². The topological polar surface area (TPSA) is 41.9 Å². The summed E-state index contributed by atoms with van der Waals surface area (Å²) in [5.41, 5.74) is 0. The summed E-state index contributed by atoms with van der Waals surface area (Å²) in [6, 6.07) is 0.0368. The highest BCUT2D eigenvalue weighted by Crippen LogP contribution is 2.20. The molecule has 1 fully saturated rings. The Hall–Kier alpha value is -0.680. The molecule has 4 heteroatoms. The molecule has 0 aromatic heterocycles. The van der Waals surface area contributed by atoms with Gasteiger partial charge in [0.25, 0.3) is 0 Å². The van der Waals surface area contributed by atoms with Gasteiger partial charge < -0.3 is 14.6 Å². The number of ether oxygens (including phenoxy) is 2. The average molecular weight is 227 g/mol. The van der Waals surface area contributed by atoms with Crippen LogP contribution in [0, 0.1) is 0 Å². The lowest BCUT2D eigenvalue weighted by atomic mass is 10.0. The third kappa shape index (κ3) is 3.15. The molecule has 0 aromatic rings. The maximum atomic E-state index is 10.1. The molecule has 0 unspecified atom stereocenters. The van der Waals surface area contributed by atoms with Gasteiger partial charge in [-0.1, -0.05) is 12.2 Å². The van der Waals surface area contributed by atoms with Gasteiger partial charge in [-0.05, 0) is 6.42 Å². The first kappa shape index (κ1) is 13.4. The lowest BCUT2D eigenvalue weighted by Crippen LogP contribution is -2.53. The first-order valence-corrected chi connectivity index (χ1v) is 5.53. The van der Waals surface area contributed by atoms with E-state index in [1.807, 2.05) is 12.2 Å². The van der Waals surface area contributed by atoms with Crippen LogP contribution in [0.3, 0.4) is 0 Å². The minimum absolute atomic E-state index is 0.0368. The van der Waals surface area contributed by atoms with Gasteiger partial charge in [-0.15, -0.1) is 13.2 Å². The standard InChI is InChI=1S/C12H21NO3/c1-4-7-13(8-5-2)10-6-9-16-12(15-3)11(10)14/h4-5,10-12,14H,1-2,6-9H2,3H3/t10-,11+,12+/m1/s1. The molecule has 92 valence electrons. The number of aliphatic hydroxyl groups excluding tert-OH is 1. The highest BCUT2D eigenvalue weighted by atomic mass is 16.7. The van der Waals surface area contributed by atoms with E-state index in [1.165, 1.54) is 0 Å². The van der Waals surface area contributed by atoms with Crippen LogP contribution in [0.2, 0.25) is 0 Å². The van der Waals surface area contributed by atoms with Gasteiger partial charge >= 0.3 is 0 Å². The molecule has 0 radical (unpaired) electrons. The number of methoxy groups -OCH3 is 1. The van der Waals surface area contributed by atoms with Crippen molar-refractivity contribution in [3.8, 4) is 0 Å². The summed E-state index contributed by atoms with van der Waals surface area (Å²) in [6.07, 6.45) is 3.29. The Morgan fingerprint density at radius 2 is 2.06 bits per heavy atom. The molecule has 0 aromatic carbocycles. The molecule has 1 N–H and O–H groups in total. The first-order chi connectivity index (χ1) is 7.74. The normalized spacial score (nSPS) is 30.3. The van der Waals surface area contributed by atoms with Crippen molar-refractivity contribution < 1.29 is 14.6 Å². The summed E-state index contributed by atoms with van der Waals surface area (Å²) in [5, 5.41) is 10.1. The molecule has 1 aliphatic heterocycles. The van der Waals surface area contributed by atoms with Gasteiger partial charge in [0, 0.05) is 26.2 Å². The van der Waals surface area contributed by atoms with Gasteiger partial charge in [0.05, 0.1) is 6.61 Å². The molecule has 3 atom stereocenters. The predicted molar refractivity (Wildman–Crippen MR) is 63.1 cm³/mol. The molecular formula is C12H21NO3. The van der Waals surface area contributed by atoms with Gasteiger partial charge in [-0.25, -0.2) is 0 Å². The van der Waals surface area contributed by atoms with E-state index in [0.29, 0.717) is 6.61 Å². The Balaban J connectivity index is 2.66. The van der Waals surface area contributed by atoms with E-state index in [0.717, 1.165) is 19.5 Å². The molecule has 0 bridgehead atoms. The Morgan fingerprint density at radius 3 is 2.56 bits per heavy atom. The fourth-order valence-corrected chi connectivity index (χ4v) is 2.04.